The third kappa shape index (κ3) is 2.97. The van der Waals surface area contributed by atoms with E-state index in [9.17, 15) is 9.18 Å². The number of hydrogen-bond donors (Lipinski definition) is 1. The molecule has 0 saturated heterocycles. The molecule has 5 heteroatoms. The lowest BCUT2D eigenvalue weighted by Crippen LogP contribution is -2.12. The van der Waals surface area contributed by atoms with Crippen LogP contribution in [0.4, 0.5) is 10.1 Å². The highest BCUT2D eigenvalue weighted by molar-refractivity contribution is 9.09. The van der Waals surface area contributed by atoms with Crippen molar-refractivity contribution in [2.24, 2.45) is 0 Å². The molecule has 0 aliphatic heterocycles. The molecule has 1 N–H and O–H groups in total. The van der Waals surface area contributed by atoms with Gasteiger partial charge in [0.05, 0.1) is 16.0 Å². The lowest BCUT2D eigenvalue weighted by atomic mass is 10.3. The first-order valence-electron chi connectivity index (χ1n) is 3.44. The number of anilines is 1. The number of nitrogens with one attached hydrogen (secondary N) is 1. The van der Waals surface area contributed by atoms with Gasteiger partial charge >= 0.3 is 0 Å². The number of alkyl halides is 1. The maximum Gasteiger partial charge on any atom is 0.235 e. The van der Waals surface area contributed by atoms with Crippen molar-refractivity contribution in [1.82, 2.24) is 0 Å². The molecule has 0 atom stereocenters. The first-order valence-corrected chi connectivity index (χ1v) is 4.94. The van der Waals surface area contributed by atoms with E-state index in [1.165, 1.54) is 12.1 Å². The van der Waals surface area contributed by atoms with E-state index in [2.05, 4.69) is 21.2 Å². The van der Waals surface area contributed by atoms with Crippen molar-refractivity contribution in [3.05, 3.63) is 29.0 Å². The van der Waals surface area contributed by atoms with Crippen LogP contribution in [-0.4, -0.2) is 11.2 Å². The van der Waals surface area contributed by atoms with Crippen molar-refractivity contribution >= 4 is 39.1 Å². The molecule has 70 valence electrons. The zero-order valence-electron chi connectivity index (χ0n) is 6.48. The highest BCUT2D eigenvalue weighted by Gasteiger charge is 2.04. The summed E-state index contributed by atoms with van der Waals surface area (Å²) in [7, 11) is 0. The Labute approximate surface area is 88.2 Å². The van der Waals surface area contributed by atoms with Crippen LogP contribution in [0.3, 0.4) is 0 Å². The molecule has 1 aromatic carbocycles. The van der Waals surface area contributed by atoms with Crippen molar-refractivity contribution in [2.75, 3.05) is 10.6 Å². The van der Waals surface area contributed by atoms with E-state index in [0.29, 0.717) is 5.69 Å². The van der Waals surface area contributed by atoms with Crippen LogP contribution in [0.25, 0.3) is 0 Å². The van der Waals surface area contributed by atoms with E-state index >= 15 is 0 Å². The zero-order chi connectivity index (χ0) is 9.84. The van der Waals surface area contributed by atoms with Crippen molar-refractivity contribution < 1.29 is 9.18 Å². The Hall–Kier alpha value is -0.610. The van der Waals surface area contributed by atoms with Gasteiger partial charge in [-0.25, -0.2) is 4.39 Å². The van der Waals surface area contributed by atoms with Crippen molar-refractivity contribution in [2.45, 2.75) is 0 Å². The fraction of sp³-hybridized carbons (Fsp3) is 0.125. The molecule has 0 aliphatic rings. The van der Waals surface area contributed by atoms with Gasteiger partial charge in [-0.1, -0.05) is 27.5 Å². The van der Waals surface area contributed by atoms with Gasteiger partial charge in [0.25, 0.3) is 0 Å². The van der Waals surface area contributed by atoms with E-state index in [1.807, 2.05) is 0 Å². The number of halogens is 3. The fourth-order valence-electron chi connectivity index (χ4n) is 0.774. The van der Waals surface area contributed by atoms with Crippen LogP contribution in [-0.2, 0) is 4.79 Å². The third-order valence-electron chi connectivity index (χ3n) is 1.33. The topological polar surface area (TPSA) is 29.1 Å². The molecule has 1 aromatic rings. The van der Waals surface area contributed by atoms with Gasteiger partial charge in [-0.2, -0.15) is 0 Å². The lowest BCUT2D eigenvalue weighted by Gasteiger charge is -2.04. The van der Waals surface area contributed by atoms with Crippen LogP contribution in [0.15, 0.2) is 18.2 Å². The Balaban J connectivity index is 2.83. The highest BCUT2D eigenvalue weighted by atomic mass is 79.9. The van der Waals surface area contributed by atoms with Gasteiger partial charge in [-0.15, -0.1) is 0 Å². The fourth-order valence-corrected chi connectivity index (χ4v) is 1.13. The predicted molar refractivity (Wildman–Crippen MR) is 53.8 cm³/mol. The number of carbonyl (C=O) groups excluding carboxylic acids is 1. The van der Waals surface area contributed by atoms with E-state index in [0.717, 1.165) is 6.07 Å². The van der Waals surface area contributed by atoms with Gasteiger partial charge in [0.2, 0.25) is 5.91 Å². The summed E-state index contributed by atoms with van der Waals surface area (Å²) >= 11 is 8.64. The summed E-state index contributed by atoms with van der Waals surface area (Å²) in [5, 5.41) is 2.87. The van der Waals surface area contributed by atoms with Crippen molar-refractivity contribution in [1.29, 1.82) is 0 Å². The van der Waals surface area contributed by atoms with E-state index in [1.54, 1.807) is 0 Å². The molecule has 0 saturated carbocycles. The minimum atomic E-state index is -0.429. The Morgan fingerprint density at radius 2 is 2.31 bits per heavy atom. The quantitative estimate of drug-likeness (QED) is 0.820. The molecule has 13 heavy (non-hydrogen) atoms. The molecule has 0 radical (unpaired) electrons. The monoisotopic (exact) mass is 265 g/mol. The van der Waals surface area contributed by atoms with Crippen LogP contribution in [0.2, 0.25) is 5.02 Å². The summed E-state index contributed by atoms with van der Waals surface area (Å²) in [5.41, 5.74) is 0.410. The predicted octanol–water partition coefficient (Wildman–Crippen LogP) is 2.81. The van der Waals surface area contributed by atoms with E-state index < -0.39 is 5.82 Å². The normalized spacial score (nSPS) is 9.77. The van der Waals surface area contributed by atoms with Gasteiger partial charge in [-0.3, -0.25) is 4.79 Å². The van der Waals surface area contributed by atoms with Gasteiger partial charge in [0, 0.05) is 0 Å². The molecule has 0 heterocycles. The molecule has 1 amide bonds. The Kier molecular flexibility index (Phi) is 3.69. The minimum absolute atomic E-state index is 0.181. The second kappa shape index (κ2) is 4.58. The smallest absolute Gasteiger partial charge is 0.235 e. The first kappa shape index (κ1) is 10.5. The van der Waals surface area contributed by atoms with Crippen LogP contribution >= 0.6 is 27.5 Å². The molecular formula is C8H6BrClFNO. The zero-order valence-corrected chi connectivity index (χ0v) is 8.82. The lowest BCUT2D eigenvalue weighted by molar-refractivity contribution is -0.113. The average Bonchev–Trinajstić information content (AvgIpc) is 2.09. The van der Waals surface area contributed by atoms with Crippen molar-refractivity contribution in [3.8, 4) is 0 Å². The molecule has 0 fully saturated rings. The van der Waals surface area contributed by atoms with Crippen LogP contribution in [0, 0.1) is 5.82 Å². The summed E-state index contributed by atoms with van der Waals surface area (Å²) in [5.74, 6) is -0.657. The SMILES string of the molecule is O=C(CBr)Nc1ccc(F)cc1Cl. The molecule has 0 spiro atoms. The molecule has 0 unspecified atom stereocenters. The molecular weight excluding hydrogens is 260 g/mol. The van der Waals surface area contributed by atoms with Gasteiger partial charge in [0.15, 0.2) is 0 Å². The second-order valence-electron chi connectivity index (χ2n) is 2.31. The van der Waals surface area contributed by atoms with Crippen LogP contribution < -0.4 is 5.32 Å². The summed E-state index contributed by atoms with van der Waals surface area (Å²) in [6.07, 6.45) is 0. The highest BCUT2D eigenvalue weighted by Crippen LogP contribution is 2.22. The molecule has 0 bridgehead atoms. The maximum absolute atomic E-state index is 12.6. The molecule has 2 nitrogen and oxygen atoms in total. The van der Waals surface area contributed by atoms with E-state index in [4.69, 9.17) is 11.6 Å². The average molecular weight is 266 g/mol. The summed E-state index contributed by atoms with van der Waals surface area (Å²) in [6, 6.07) is 3.79. The molecule has 1 rings (SSSR count). The third-order valence-corrected chi connectivity index (χ3v) is 2.15. The largest absolute Gasteiger partial charge is 0.324 e. The van der Waals surface area contributed by atoms with E-state index in [-0.39, 0.29) is 16.3 Å². The number of rotatable bonds is 2. The standard InChI is InChI=1S/C8H6BrClFNO/c9-4-8(13)12-7-2-1-5(11)3-6(7)10/h1-3H,4H2,(H,12,13). The second-order valence-corrected chi connectivity index (χ2v) is 3.27. The Bertz CT molecular complexity index is 332. The van der Waals surface area contributed by atoms with Gasteiger partial charge < -0.3 is 5.32 Å². The van der Waals surface area contributed by atoms with Gasteiger partial charge in [0.1, 0.15) is 5.82 Å². The maximum atomic E-state index is 12.6. The number of hydrogen-bond acceptors (Lipinski definition) is 1. The number of amides is 1. The Morgan fingerprint density at radius 3 is 2.85 bits per heavy atom. The summed E-state index contributed by atoms with van der Waals surface area (Å²) in [6.45, 7) is 0. The molecule has 0 aliphatic carbocycles. The van der Waals surface area contributed by atoms with Crippen LogP contribution in [0.5, 0.6) is 0 Å². The number of benzene rings is 1. The summed E-state index contributed by atoms with van der Waals surface area (Å²) in [4.78, 5) is 10.9. The van der Waals surface area contributed by atoms with Gasteiger partial charge in [-0.05, 0) is 18.2 Å². The summed E-state index contributed by atoms with van der Waals surface area (Å²) < 4.78 is 12.6. The molecule has 0 aromatic heterocycles. The van der Waals surface area contributed by atoms with Crippen LogP contribution in [0.1, 0.15) is 0 Å². The van der Waals surface area contributed by atoms with Crippen molar-refractivity contribution in [3.63, 3.8) is 0 Å². The first-order chi connectivity index (χ1) is 6.13. The minimum Gasteiger partial charge on any atom is -0.324 e. The number of carbonyl (C=O) groups is 1. The Morgan fingerprint density at radius 1 is 1.62 bits per heavy atom.